The van der Waals surface area contributed by atoms with Crippen LogP contribution < -0.4 is 10.1 Å². The Morgan fingerprint density at radius 3 is 2.76 bits per heavy atom. The molecule has 0 aliphatic carbocycles. The number of carbonyl (C=O) groups excluding carboxylic acids is 1. The molecule has 3 saturated heterocycles. The summed E-state index contributed by atoms with van der Waals surface area (Å²) in [6.07, 6.45) is 5.48. The van der Waals surface area contributed by atoms with Gasteiger partial charge in [-0.15, -0.1) is 0 Å². The molecule has 2 bridgehead atoms. The highest BCUT2D eigenvalue weighted by Crippen LogP contribution is 2.40. The van der Waals surface area contributed by atoms with E-state index < -0.39 is 0 Å². The number of imidazole rings is 1. The number of hydrogen-bond donors (Lipinski definition) is 1. The quantitative estimate of drug-likeness (QED) is 0.270. The average Bonchev–Trinajstić information content (AvgIpc) is 3.28. The van der Waals surface area contributed by atoms with Crippen molar-refractivity contribution >= 4 is 28.0 Å². The highest BCUT2D eigenvalue weighted by molar-refractivity contribution is 6.00. The van der Waals surface area contributed by atoms with Crippen molar-refractivity contribution in [3.63, 3.8) is 0 Å². The van der Waals surface area contributed by atoms with Gasteiger partial charge in [-0.3, -0.25) is 10.1 Å². The van der Waals surface area contributed by atoms with Gasteiger partial charge >= 0.3 is 0 Å². The van der Waals surface area contributed by atoms with Gasteiger partial charge < -0.3 is 23.7 Å². The monoisotopic (exact) mass is 615 g/mol. The molecule has 4 aliphatic rings. The summed E-state index contributed by atoms with van der Waals surface area (Å²) in [5, 5.41) is 4.56. The molecule has 7 heterocycles. The minimum atomic E-state index is 0.0288. The van der Waals surface area contributed by atoms with Crippen LogP contribution in [0.3, 0.4) is 0 Å². The number of aromatic nitrogens is 4. The molecule has 4 aliphatic heterocycles. The Labute approximate surface area is 269 Å². The Balaban J connectivity index is 1.23. The lowest BCUT2D eigenvalue weighted by molar-refractivity contribution is 0.0753. The lowest BCUT2D eigenvalue weighted by Gasteiger charge is -2.21. The number of methoxy groups -OCH3 is 1. The molecule has 5 aromatic rings. The molecule has 0 radical (unpaired) electrons. The van der Waals surface area contributed by atoms with Crippen LogP contribution in [0.25, 0.3) is 33.6 Å². The van der Waals surface area contributed by atoms with Crippen LogP contribution in [-0.2, 0) is 13.1 Å². The molecule has 3 aromatic heterocycles. The van der Waals surface area contributed by atoms with E-state index in [1.165, 1.54) is 24.0 Å². The van der Waals surface area contributed by atoms with E-state index in [-0.39, 0.29) is 12.1 Å². The molecule has 9 nitrogen and oxygen atoms in total. The van der Waals surface area contributed by atoms with Gasteiger partial charge in [-0.1, -0.05) is 37.6 Å². The first kappa shape index (κ1) is 28.0. The third-order valence-corrected chi connectivity index (χ3v) is 11.0. The number of carbonyl (C=O) groups is 1. The zero-order chi connectivity index (χ0) is 31.1. The van der Waals surface area contributed by atoms with Crippen molar-refractivity contribution in [2.45, 2.75) is 57.4 Å². The Morgan fingerprint density at radius 1 is 1.02 bits per heavy atom. The van der Waals surface area contributed by atoms with Gasteiger partial charge in [-0.25, -0.2) is 9.97 Å². The van der Waals surface area contributed by atoms with Crippen LogP contribution in [0.5, 0.6) is 5.75 Å². The summed E-state index contributed by atoms with van der Waals surface area (Å²) in [7, 11) is 3.95. The van der Waals surface area contributed by atoms with Crippen molar-refractivity contribution in [3.05, 3.63) is 77.5 Å². The van der Waals surface area contributed by atoms with Crippen LogP contribution in [0.15, 0.2) is 60.8 Å². The number of hydrogen-bond acceptors (Lipinski definition) is 6. The van der Waals surface area contributed by atoms with E-state index in [0.29, 0.717) is 41.7 Å². The normalized spacial score (nSPS) is 26.0. The summed E-state index contributed by atoms with van der Waals surface area (Å²) < 4.78 is 10.7. The minimum Gasteiger partial charge on any atom is -0.494 e. The molecule has 1 N–H and O–H groups in total. The van der Waals surface area contributed by atoms with E-state index in [1.807, 2.05) is 29.3 Å². The molecule has 236 valence electrons. The first-order valence-corrected chi connectivity index (χ1v) is 16.8. The second-order valence-corrected chi connectivity index (χ2v) is 14.1. The molecular weight excluding hydrogens is 574 g/mol. The number of nitrogens with zero attached hydrogens (tertiary/aromatic N) is 6. The molecule has 0 saturated carbocycles. The number of amides is 1. The zero-order valence-corrected chi connectivity index (χ0v) is 26.8. The predicted octanol–water partition coefficient (Wildman–Crippen LogP) is 5.33. The second-order valence-electron chi connectivity index (χ2n) is 14.1. The van der Waals surface area contributed by atoms with E-state index in [2.05, 4.69) is 69.7 Å². The van der Waals surface area contributed by atoms with Crippen molar-refractivity contribution in [1.82, 2.24) is 34.2 Å². The highest BCUT2D eigenvalue weighted by atomic mass is 16.5. The maximum Gasteiger partial charge on any atom is 0.255 e. The third-order valence-electron chi connectivity index (χ3n) is 11.0. The summed E-state index contributed by atoms with van der Waals surface area (Å²) in [6.45, 7) is 6.74. The van der Waals surface area contributed by atoms with Gasteiger partial charge in [0.25, 0.3) is 5.91 Å². The van der Waals surface area contributed by atoms with Gasteiger partial charge in [-0.05, 0) is 73.2 Å². The minimum absolute atomic E-state index is 0.0288. The Kier molecular flexibility index (Phi) is 6.51. The van der Waals surface area contributed by atoms with Gasteiger partial charge in [-0.2, -0.15) is 0 Å². The summed E-state index contributed by atoms with van der Waals surface area (Å²) in [5.74, 6) is 3.21. The summed E-state index contributed by atoms with van der Waals surface area (Å²) in [6, 6.07) is 19.8. The van der Waals surface area contributed by atoms with Crippen molar-refractivity contribution in [1.29, 1.82) is 0 Å². The number of pyridine rings is 1. The van der Waals surface area contributed by atoms with Gasteiger partial charge in [0.2, 0.25) is 0 Å². The van der Waals surface area contributed by atoms with Gasteiger partial charge in [0.1, 0.15) is 16.9 Å². The largest absolute Gasteiger partial charge is 0.494 e. The number of benzene rings is 2. The predicted molar refractivity (Wildman–Crippen MR) is 179 cm³/mol. The molecule has 5 atom stereocenters. The second kappa shape index (κ2) is 10.7. The fraction of sp³-hybridized carbons (Fsp3) is 0.432. The number of likely N-dealkylation sites (tertiary alicyclic amines) is 2. The van der Waals surface area contributed by atoms with E-state index in [9.17, 15) is 4.79 Å². The SMILES string of the molecule is COc1cc(C(=O)N2C[C@@H](C)[C@H]3N[C@H]32)cc2nc3n(c12)Cc1cccc(c1)[C@@H]1CN(C)C[C@@H]1CCCCn1c-3cc2cccnc21. The third kappa shape index (κ3) is 4.47. The molecular formula is C37H41N7O2. The number of likely N-dealkylation sites (N-methyl/N-ethyl adjacent to an activating group) is 1. The Hall–Kier alpha value is -4.21. The zero-order valence-electron chi connectivity index (χ0n) is 26.8. The summed E-state index contributed by atoms with van der Waals surface area (Å²) in [4.78, 5) is 28.5. The van der Waals surface area contributed by atoms with E-state index in [1.54, 1.807) is 7.11 Å². The highest BCUT2D eigenvalue weighted by Gasteiger charge is 2.53. The molecule has 0 unspecified atom stereocenters. The van der Waals surface area contributed by atoms with Crippen LogP contribution in [0.2, 0.25) is 0 Å². The van der Waals surface area contributed by atoms with Crippen LogP contribution in [0.4, 0.5) is 0 Å². The molecule has 0 spiro atoms. The fourth-order valence-electron chi connectivity index (χ4n) is 8.71. The lowest BCUT2D eigenvalue weighted by Crippen LogP contribution is -2.35. The molecule has 9 heteroatoms. The topological polar surface area (TPSA) is 90.4 Å². The number of nitrogens with one attached hydrogen (secondary N) is 1. The lowest BCUT2D eigenvalue weighted by atomic mass is 9.85. The molecule has 9 rings (SSSR count). The average molecular weight is 616 g/mol. The first-order chi connectivity index (χ1) is 22.5. The maximum absolute atomic E-state index is 13.9. The van der Waals surface area contributed by atoms with Gasteiger partial charge in [0.05, 0.1) is 24.5 Å². The van der Waals surface area contributed by atoms with Crippen molar-refractivity contribution in [2.75, 3.05) is 33.8 Å². The Morgan fingerprint density at radius 2 is 1.93 bits per heavy atom. The smallest absolute Gasteiger partial charge is 0.255 e. The number of aryl methyl sites for hydroxylation is 1. The van der Waals surface area contributed by atoms with E-state index in [0.717, 1.165) is 66.2 Å². The van der Waals surface area contributed by atoms with Crippen LogP contribution >= 0.6 is 0 Å². The Bertz CT molecular complexity index is 1990. The maximum atomic E-state index is 13.9. The molecule has 46 heavy (non-hydrogen) atoms. The first-order valence-electron chi connectivity index (χ1n) is 16.8. The van der Waals surface area contributed by atoms with E-state index >= 15 is 0 Å². The molecule has 2 aromatic carbocycles. The van der Waals surface area contributed by atoms with Gasteiger partial charge in [0.15, 0.2) is 5.82 Å². The number of rotatable bonds is 2. The van der Waals surface area contributed by atoms with E-state index in [4.69, 9.17) is 14.7 Å². The number of fused-ring (bicyclic) bond motifs is 12. The van der Waals surface area contributed by atoms with Crippen molar-refractivity contribution in [3.8, 4) is 17.3 Å². The standard InChI is InChI=1S/C37H41N7O2/c1-22-18-44(36-32(22)40-36)37(45)27-15-29-33(31(17-27)46-3)43-19-23-8-6-10-24(14-23)28-21-41(2)20-26(28)9-4-5-13-42-30(35(43)39-29)16-25-11-7-12-38-34(25)42/h6-8,10-12,14-17,22,26,28,32,36,40H,4-5,9,13,18-21H2,1-3H3/t22-,26+,28+,32-,36+/m1/s1. The molecule has 1 amide bonds. The van der Waals surface area contributed by atoms with Gasteiger partial charge in [0, 0.05) is 61.8 Å². The van der Waals surface area contributed by atoms with Crippen LogP contribution in [-0.4, -0.2) is 80.8 Å². The van der Waals surface area contributed by atoms with Crippen LogP contribution in [0.1, 0.15) is 53.6 Å². The summed E-state index contributed by atoms with van der Waals surface area (Å²) in [5.41, 5.74) is 7.00. The number of ether oxygens (including phenoxy) is 1. The summed E-state index contributed by atoms with van der Waals surface area (Å²) >= 11 is 0. The van der Waals surface area contributed by atoms with Crippen molar-refractivity contribution < 1.29 is 9.53 Å². The van der Waals surface area contributed by atoms with Crippen molar-refractivity contribution in [2.24, 2.45) is 11.8 Å². The fourth-order valence-corrected chi connectivity index (χ4v) is 8.71. The van der Waals surface area contributed by atoms with Crippen LogP contribution in [0, 0.1) is 11.8 Å². The molecule has 3 fully saturated rings.